The number of hydrogen-bond donors (Lipinski definition) is 1. The van der Waals surface area contributed by atoms with Crippen LogP contribution in [0.15, 0.2) is 42.5 Å². The van der Waals surface area contributed by atoms with Crippen LogP contribution in [-0.4, -0.2) is 11.1 Å². The number of halogens is 1. The third-order valence-electron chi connectivity index (χ3n) is 2.54. The summed E-state index contributed by atoms with van der Waals surface area (Å²) >= 11 is 0. The zero-order chi connectivity index (χ0) is 14.5. The highest BCUT2D eigenvalue weighted by atomic mass is 19.1. The summed E-state index contributed by atoms with van der Waals surface area (Å²) in [4.78, 5) is 10.6. The van der Waals surface area contributed by atoms with E-state index in [1.807, 2.05) is 6.07 Å². The Balaban J connectivity index is 2.22. The molecule has 2 rings (SSSR count). The summed E-state index contributed by atoms with van der Waals surface area (Å²) in [6, 6.07) is 12.1. The van der Waals surface area contributed by atoms with Crippen LogP contribution >= 0.6 is 0 Å². The topological polar surface area (TPSA) is 70.3 Å². The van der Waals surface area contributed by atoms with Crippen LogP contribution in [0.5, 0.6) is 11.5 Å². The van der Waals surface area contributed by atoms with Gasteiger partial charge in [0.05, 0.1) is 18.1 Å². The minimum absolute atomic E-state index is 0.0172. The smallest absolute Gasteiger partial charge is 0.307 e. The molecule has 20 heavy (non-hydrogen) atoms. The van der Waals surface area contributed by atoms with Crippen molar-refractivity contribution < 1.29 is 19.0 Å². The minimum atomic E-state index is -0.952. The van der Waals surface area contributed by atoms with E-state index in [9.17, 15) is 9.18 Å². The number of nitriles is 1. The van der Waals surface area contributed by atoms with E-state index in [1.165, 1.54) is 18.2 Å². The van der Waals surface area contributed by atoms with Crippen molar-refractivity contribution in [2.45, 2.75) is 6.42 Å². The van der Waals surface area contributed by atoms with Gasteiger partial charge in [0.2, 0.25) is 0 Å². The van der Waals surface area contributed by atoms with Crippen molar-refractivity contribution in [3.8, 4) is 17.6 Å². The summed E-state index contributed by atoms with van der Waals surface area (Å²) in [7, 11) is 0. The molecule has 2 aromatic rings. The molecule has 0 saturated carbocycles. The first-order valence-corrected chi connectivity index (χ1v) is 5.77. The molecule has 100 valence electrons. The van der Waals surface area contributed by atoms with Crippen molar-refractivity contribution in [3.63, 3.8) is 0 Å². The van der Waals surface area contributed by atoms with Gasteiger partial charge < -0.3 is 9.84 Å². The summed E-state index contributed by atoms with van der Waals surface area (Å²) in [6.07, 6.45) is -0.132. The summed E-state index contributed by atoms with van der Waals surface area (Å²) in [6.45, 7) is 0. The van der Waals surface area contributed by atoms with Gasteiger partial charge >= 0.3 is 5.97 Å². The van der Waals surface area contributed by atoms with Gasteiger partial charge in [0.15, 0.2) is 11.6 Å². The monoisotopic (exact) mass is 271 g/mol. The first kappa shape index (κ1) is 13.6. The van der Waals surface area contributed by atoms with Crippen LogP contribution in [0.3, 0.4) is 0 Å². The lowest BCUT2D eigenvalue weighted by atomic mass is 10.1. The lowest BCUT2D eigenvalue weighted by Gasteiger charge is -2.08. The number of nitrogens with zero attached hydrogens (tertiary/aromatic N) is 1. The van der Waals surface area contributed by atoms with E-state index in [2.05, 4.69) is 0 Å². The Morgan fingerprint density at radius 1 is 1.30 bits per heavy atom. The average Bonchev–Trinajstić information content (AvgIpc) is 2.41. The normalized spacial score (nSPS) is 9.80. The minimum Gasteiger partial charge on any atom is -0.481 e. The molecule has 0 amide bonds. The van der Waals surface area contributed by atoms with Crippen LogP contribution in [0, 0.1) is 17.1 Å². The van der Waals surface area contributed by atoms with Gasteiger partial charge in [-0.2, -0.15) is 5.26 Å². The molecule has 2 aromatic carbocycles. The van der Waals surface area contributed by atoms with E-state index in [-0.39, 0.29) is 17.7 Å². The van der Waals surface area contributed by atoms with Crippen LogP contribution in [0.4, 0.5) is 4.39 Å². The predicted molar refractivity (Wildman–Crippen MR) is 69.0 cm³/mol. The molecule has 0 bridgehead atoms. The van der Waals surface area contributed by atoms with E-state index >= 15 is 0 Å². The van der Waals surface area contributed by atoms with Crippen molar-refractivity contribution in [2.24, 2.45) is 0 Å². The van der Waals surface area contributed by atoms with Crippen molar-refractivity contribution in [1.29, 1.82) is 5.26 Å². The number of aliphatic carboxylic acids is 1. The van der Waals surface area contributed by atoms with Gasteiger partial charge in [-0.05, 0) is 35.9 Å². The number of rotatable bonds is 4. The van der Waals surface area contributed by atoms with E-state index in [1.54, 1.807) is 18.2 Å². The van der Waals surface area contributed by atoms with Crippen molar-refractivity contribution in [2.75, 3.05) is 0 Å². The molecule has 5 heteroatoms. The Bertz CT molecular complexity index is 692. The first-order chi connectivity index (χ1) is 9.58. The number of carboxylic acid groups (broad SMARTS) is 1. The Kier molecular flexibility index (Phi) is 3.96. The van der Waals surface area contributed by atoms with Gasteiger partial charge in [-0.15, -0.1) is 0 Å². The summed E-state index contributed by atoms with van der Waals surface area (Å²) in [5.41, 5.74) is 0.763. The summed E-state index contributed by atoms with van der Waals surface area (Å²) in [5.74, 6) is -1.27. The molecule has 4 nitrogen and oxygen atoms in total. The highest BCUT2D eigenvalue weighted by molar-refractivity contribution is 5.70. The Morgan fingerprint density at radius 3 is 2.75 bits per heavy atom. The molecule has 0 aliphatic heterocycles. The molecule has 0 fully saturated rings. The average molecular weight is 271 g/mol. The number of ether oxygens (including phenoxy) is 1. The van der Waals surface area contributed by atoms with Gasteiger partial charge in [0.25, 0.3) is 0 Å². The van der Waals surface area contributed by atoms with Gasteiger partial charge in [-0.1, -0.05) is 12.1 Å². The lowest BCUT2D eigenvalue weighted by molar-refractivity contribution is -0.136. The van der Waals surface area contributed by atoms with Crippen molar-refractivity contribution in [3.05, 3.63) is 59.4 Å². The first-order valence-electron chi connectivity index (χ1n) is 5.77. The number of hydrogen-bond acceptors (Lipinski definition) is 3. The lowest BCUT2D eigenvalue weighted by Crippen LogP contribution is -2.00. The van der Waals surface area contributed by atoms with Crippen LogP contribution in [-0.2, 0) is 11.2 Å². The van der Waals surface area contributed by atoms with E-state index < -0.39 is 11.8 Å². The van der Waals surface area contributed by atoms with Gasteiger partial charge in [-0.25, -0.2) is 4.39 Å². The predicted octanol–water partition coefficient (Wildman–Crippen LogP) is 3.12. The standard InChI is InChI=1S/C15H10FNO3/c16-13-7-11(9-17)4-5-14(13)20-12-3-1-2-10(6-12)8-15(18)19/h1-7H,8H2,(H,18,19). The van der Waals surface area contributed by atoms with E-state index in [0.717, 1.165) is 6.07 Å². The third-order valence-corrected chi connectivity index (χ3v) is 2.54. The maximum Gasteiger partial charge on any atom is 0.307 e. The third kappa shape index (κ3) is 3.33. The van der Waals surface area contributed by atoms with Gasteiger partial charge in [0.1, 0.15) is 5.75 Å². The largest absolute Gasteiger partial charge is 0.481 e. The molecule has 0 unspecified atom stereocenters. The van der Waals surface area contributed by atoms with Crippen molar-refractivity contribution >= 4 is 5.97 Å². The van der Waals surface area contributed by atoms with Crippen LogP contribution in [0.1, 0.15) is 11.1 Å². The molecule has 0 atom stereocenters. The van der Waals surface area contributed by atoms with Crippen LogP contribution in [0.2, 0.25) is 0 Å². The van der Waals surface area contributed by atoms with E-state index in [4.69, 9.17) is 15.1 Å². The molecule has 0 saturated heterocycles. The van der Waals surface area contributed by atoms with E-state index in [0.29, 0.717) is 11.3 Å². The summed E-state index contributed by atoms with van der Waals surface area (Å²) in [5, 5.41) is 17.4. The molecular weight excluding hydrogens is 261 g/mol. The highest BCUT2D eigenvalue weighted by Gasteiger charge is 2.07. The highest BCUT2D eigenvalue weighted by Crippen LogP contribution is 2.25. The SMILES string of the molecule is N#Cc1ccc(Oc2cccc(CC(=O)O)c2)c(F)c1. The second kappa shape index (κ2) is 5.85. The molecule has 1 N–H and O–H groups in total. The zero-order valence-corrected chi connectivity index (χ0v) is 10.3. The molecule has 0 spiro atoms. The molecule has 0 heterocycles. The molecule has 0 aliphatic rings. The van der Waals surface area contributed by atoms with Crippen LogP contribution < -0.4 is 4.74 Å². The van der Waals surface area contributed by atoms with Gasteiger partial charge in [-0.3, -0.25) is 4.79 Å². The fourth-order valence-corrected chi connectivity index (χ4v) is 1.67. The summed E-state index contributed by atoms with van der Waals surface area (Å²) < 4.78 is 19.0. The Hall–Kier alpha value is -2.87. The zero-order valence-electron chi connectivity index (χ0n) is 10.3. The van der Waals surface area contributed by atoms with Crippen LogP contribution in [0.25, 0.3) is 0 Å². The number of carbonyl (C=O) groups is 1. The Morgan fingerprint density at radius 2 is 2.10 bits per heavy atom. The second-order valence-corrected chi connectivity index (χ2v) is 4.08. The maximum absolute atomic E-state index is 13.7. The maximum atomic E-state index is 13.7. The number of benzene rings is 2. The Labute approximate surface area is 114 Å². The fraction of sp³-hybridized carbons (Fsp3) is 0.0667. The van der Waals surface area contributed by atoms with Crippen molar-refractivity contribution in [1.82, 2.24) is 0 Å². The fourth-order valence-electron chi connectivity index (χ4n) is 1.67. The second-order valence-electron chi connectivity index (χ2n) is 4.08. The molecular formula is C15H10FNO3. The molecule has 0 aromatic heterocycles. The van der Waals surface area contributed by atoms with Gasteiger partial charge in [0, 0.05) is 0 Å². The molecule has 0 aliphatic carbocycles. The molecule has 0 radical (unpaired) electrons. The quantitative estimate of drug-likeness (QED) is 0.927. The number of carboxylic acids is 1.